The van der Waals surface area contributed by atoms with Crippen LogP contribution in [-0.2, 0) is 9.36 Å². The number of nitrogens with one attached hydrogen (secondary N) is 1. The molecule has 0 aliphatic rings. The molecule has 3 nitrogen and oxygen atoms in total. The fourth-order valence-electron chi connectivity index (χ4n) is 0.603. The first kappa shape index (κ1) is 10.6. The van der Waals surface area contributed by atoms with E-state index in [-0.39, 0.29) is 5.91 Å². The van der Waals surface area contributed by atoms with Crippen LogP contribution in [-0.4, -0.2) is 24.8 Å². The Hall–Kier alpha value is -0.430. The van der Waals surface area contributed by atoms with Crippen LogP contribution >= 0.6 is 7.80 Å². The summed E-state index contributed by atoms with van der Waals surface area (Å²) in [6.07, 6.45) is 1.82. The van der Waals surface area contributed by atoms with Gasteiger partial charge in [0.15, 0.2) is 6.16 Å². The second kappa shape index (κ2) is 6.29. The molecular weight excluding hydrogens is 161 g/mol. The molecule has 0 aliphatic heterocycles. The van der Waals surface area contributed by atoms with Crippen molar-refractivity contribution in [1.82, 2.24) is 5.32 Å². The van der Waals surface area contributed by atoms with Gasteiger partial charge in [0.1, 0.15) is 6.16 Å². The van der Waals surface area contributed by atoms with Gasteiger partial charge in [-0.15, -0.1) is 0 Å². The van der Waals surface area contributed by atoms with Crippen molar-refractivity contribution >= 4 is 13.7 Å². The summed E-state index contributed by atoms with van der Waals surface area (Å²) >= 11 is 0. The van der Waals surface area contributed by atoms with E-state index in [0.29, 0.717) is 25.3 Å². The van der Waals surface area contributed by atoms with Gasteiger partial charge in [-0.2, -0.15) is 0 Å². The number of amides is 1. The summed E-state index contributed by atoms with van der Waals surface area (Å²) in [5, 5.41) is 2.67. The predicted molar refractivity (Wildman–Crippen MR) is 46.3 cm³/mol. The van der Waals surface area contributed by atoms with E-state index in [1.807, 2.05) is 6.92 Å². The Morgan fingerprint density at radius 3 is 2.55 bits per heavy atom. The minimum atomic E-state index is -1.08. The van der Waals surface area contributed by atoms with Gasteiger partial charge >= 0.3 is 7.80 Å². The molecule has 64 valence electrons. The lowest BCUT2D eigenvalue weighted by molar-refractivity contribution is -0.120. The van der Waals surface area contributed by atoms with Crippen molar-refractivity contribution in [2.24, 2.45) is 0 Å². The van der Waals surface area contributed by atoms with Crippen LogP contribution in [0.1, 0.15) is 20.3 Å². The lowest BCUT2D eigenvalue weighted by Gasteiger charge is -1.96. The van der Waals surface area contributed by atoms with Crippen LogP contribution in [0.25, 0.3) is 0 Å². The van der Waals surface area contributed by atoms with E-state index in [1.54, 1.807) is 6.92 Å². The summed E-state index contributed by atoms with van der Waals surface area (Å²) in [6.45, 7) is 4.24. The molecule has 0 heterocycles. The molecule has 0 aromatic carbocycles. The van der Waals surface area contributed by atoms with E-state index in [4.69, 9.17) is 0 Å². The molecule has 0 saturated carbocycles. The largest absolute Gasteiger partial charge is 0.352 e. The number of hydrogen-bond acceptors (Lipinski definition) is 2. The van der Waals surface area contributed by atoms with Crippen molar-refractivity contribution in [2.45, 2.75) is 20.3 Å². The van der Waals surface area contributed by atoms with Crippen LogP contribution in [0.5, 0.6) is 0 Å². The normalized spacial score (nSPS) is 10.9. The zero-order chi connectivity index (χ0) is 8.69. The topological polar surface area (TPSA) is 46.2 Å². The van der Waals surface area contributed by atoms with Crippen LogP contribution in [0.2, 0.25) is 0 Å². The highest BCUT2D eigenvalue weighted by atomic mass is 31.1. The van der Waals surface area contributed by atoms with Crippen LogP contribution < -0.4 is 5.32 Å². The Morgan fingerprint density at radius 1 is 1.45 bits per heavy atom. The van der Waals surface area contributed by atoms with Gasteiger partial charge < -0.3 is 5.32 Å². The Labute approximate surface area is 68.3 Å². The van der Waals surface area contributed by atoms with Crippen molar-refractivity contribution in [3.8, 4) is 0 Å². The summed E-state index contributed by atoms with van der Waals surface area (Å²) in [4.78, 5) is 10.7. The van der Waals surface area contributed by atoms with Crippen LogP contribution in [0.15, 0.2) is 0 Å². The summed E-state index contributed by atoms with van der Waals surface area (Å²) in [6, 6.07) is 0. The SMILES string of the molecule is CCC(=O)NCC[P+](=O)CC. The second-order valence-electron chi connectivity index (χ2n) is 2.23. The second-order valence-corrected chi connectivity index (χ2v) is 4.27. The molecular formula is C7H15NO2P+. The maximum Gasteiger partial charge on any atom is 0.340 e. The first-order chi connectivity index (χ1) is 5.20. The molecule has 0 radical (unpaired) electrons. The Kier molecular flexibility index (Phi) is 6.05. The highest BCUT2D eigenvalue weighted by Gasteiger charge is 2.10. The van der Waals surface area contributed by atoms with Crippen LogP contribution in [0, 0.1) is 0 Å². The molecule has 0 aromatic heterocycles. The maximum atomic E-state index is 10.9. The molecule has 0 spiro atoms. The minimum absolute atomic E-state index is 0.0319. The number of hydrogen-bond donors (Lipinski definition) is 1. The Morgan fingerprint density at radius 2 is 2.09 bits per heavy atom. The van der Waals surface area contributed by atoms with Gasteiger partial charge in [-0.3, -0.25) is 4.79 Å². The lowest BCUT2D eigenvalue weighted by atomic mass is 10.4. The molecule has 0 rings (SSSR count). The highest BCUT2D eigenvalue weighted by molar-refractivity contribution is 7.44. The van der Waals surface area contributed by atoms with Crippen molar-refractivity contribution in [2.75, 3.05) is 18.9 Å². The predicted octanol–water partition coefficient (Wildman–Crippen LogP) is 1.36. The fourth-order valence-corrected chi connectivity index (χ4v) is 1.28. The first-order valence-corrected chi connectivity index (χ1v) is 5.52. The average molecular weight is 176 g/mol. The zero-order valence-corrected chi connectivity index (χ0v) is 7.99. The van der Waals surface area contributed by atoms with E-state index < -0.39 is 7.80 Å². The monoisotopic (exact) mass is 176 g/mol. The van der Waals surface area contributed by atoms with Crippen molar-refractivity contribution < 1.29 is 9.36 Å². The molecule has 0 aliphatic carbocycles. The van der Waals surface area contributed by atoms with E-state index in [2.05, 4.69) is 5.32 Å². The average Bonchev–Trinajstić information content (AvgIpc) is 2.04. The highest BCUT2D eigenvalue weighted by Crippen LogP contribution is 2.16. The van der Waals surface area contributed by atoms with Gasteiger partial charge in [0.2, 0.25) is 5.91 Å². The van der Waals surface area contributed by atoms with Gasteiger partial charge in [-0.1, -0.05) is 11.5 Å². The molecule has 11 heavy (non-hydrogen) atoms. The van der Waals surface area contributed by atoms with Crippen molar-refractivity contribution in [1.29, 1.82) is 0 Å². The zero-order valence-electron chi connectivity index (χ0n) is 7.09. The number of carbonyl (C=O) groups is 1. The summed E-state index contributed by atoms with van der Waals surface area (Å²) in [5.74, 6) is 0.0319. The molecule has 0 fully saturated rings. The molecule has 0 bridgehead atoms. The van der Waals surface area contributed by atoms with E-state index in [9.17, 15) is 9.36 Å². The van der Waals surface area contributed by atoms with Gasteiger partial charge in [-0.05, 0) is 6.92 Å². The van der Waals surface area contributed by atoms with Gasteiger partial charge in [0.25, 0.3) is 0 Å². The summed E-state index contributed by atoms with van der Waals surface area (Å²) in [7, 11) is -1.08. The van der Waals surface area contributed by atoms with Crippen LogP contribution in [0.4, 0.5) is 0 Å². The standard InChI is InChI=1S/C7H14NO2P/c1-3-7(9)8-5-6-11(10)4-2/h3-6H2,1-2H3/p+1. The van der Waals surface area contributed by atoms with Crippen LogP contribution in [0.3, 0.4) is 0 Å². The maximum absolute atomic E-state index is 10.9. The van der Waals surface area contributed by atoms with Crippen molar-refractivity contribution in [3.63, 3.8) is 0 Å². The minimum Gasteiger partial charge on any atom is -0.352 e. The fraction of sp³-hybridized carbons (Fsp3) is 0.857. The molecule has 1 amide bonds. The Bertz CT molecular complexity index is 131. The van der Waals surface area contributed by atoms with Gasteiger partial charge in [0.05, 0.1) is 6.54 Å². The van der Waals surface area contributed by atoms with E-state index >= 15 is 0 Å². The number of carbonyl (C=O) groups excluding carboxylic acids is 1. The third kappa shape index (κ3) is 5.99. The summed E-state index contributed by atoms with van der Waals surface area (Å²) in [5.41, 5.74) is 0. The number of rotatable bonds is 5. The molecule has 1 N–H and O–H groups in total. The molecule has 1 unspecified atom stereocenters. The first-order valence-electron chi connectivity index (χ1n) is 3.89. The molecule has 0 aromatic rings. The third-order valence-electron chi connectivity index (χ3n) is 1.36. The van der Waals surface area contributed by atoms with Gasteiger partial charge in [0, 0.05) is 6.42 Å². The molecule has 4 heteroatoms. The molecule has 1 atom stereocenters. The third-order valence-corrected chi connectivity index (χ3v) is 2.79. The van der Waals surface area contributed by atoms with Gasteiger partial charge in [-0.25, -0.2) is 0 Å². The smallest absolute Gasteiger partial charge is 0.340 e. The van der Waals surface area contributed by atoms with E-state index in [1.165, 1.54) is 0 Å². The quantitative estimate of drug-likeness (QED) is 0.643. The van der Waals surface area contributed by atoms with Crippen molar-refractivity contribution in [3.05, 3.63) is 0 Å². The molecule has 0 saturated heterocycles. The summed E-state index contributed by atoms with van der Waals surface area (Å²) < 4.78 is 10.9. The Balaban J connectivity index is 3.27. The lowest BCUT2D eigenvalue weighted by Crippen LogP contribution is -2.24. The van der Waals surface area contributed by atoms with E-state index in [0.717, 1.165) is 0 Å².